The Morgan fingerprint density at radius 3 is 2.78 bits per heavy atom. The standard InChI is InChI=1S/C19H17N3O/c23-19(17-10-16(17)13-6-2-1-3-7-13)22-21-12-14-11-20-18-9-5-4-8-15(14)18/h1-9,11-12,16-17,20H,10H2,(H,22,23)/t16-,17-/m1/s1. The first-order valence-electron chi connectivity index (χ1n) is 7.77. The highest BCUT2D eigenvalue weighted by Gasteiger charge is 2.43. The van der Waals surface area contributed by atoms with E-state index in [1.165, 1.54) is 5.56 Å². The van der Waals surface area contributed by atoms with Crippen LogP contribution in [0.1, 0.15) is 23.5 Å². The zero-order chi connectivity index (χ0) is 15.6. The third-order valence-corrected chi connectivity index (χ3v) is 4.35. The minimum atomic E-state index is -0.00468. The lowest BCUT2D eigenvalue weighted by atomic mass is 10.1. The fourth-order valence-electron chi connectivity index (χ4n) is 3.00. The number of nitrogens with zero attached hydrogens (tertiary/aromatic N) is 1. The summed E-state index contributed by atoms with van der Waals surface area (Å²) in [6, 6.07) is 18.2. The van der Waals surface area contributed by atoms with Gasteiger partial charge in [0.15, 0.2) is 0 Å². The van der Waals surface area contributed by atoms with Gasteiger partial charge < -0.3 is 4.98 Å². The molecule has 0 radical (unpaired) electrons. The molecule has 0 unspecified atom stereocenters. The Balaban J connectivity index is 1.39. The quantitative estimate of drug-likeness (QED) is 0.563. The van der Waals surface area contributed by atoms with Crippen molar-refractivity contribution in [1.82, 2.24) is 10.4 Å². The summed E-state index contributed by atoms with van der Waals surface area (Å²) in [7, 11) is 0. The number of benzene rings is 2. The summed E-state index contributed by atoms with van der Waals surface area (Å²) in [6.45, 7) is 0. The molecule has 1 aromatic heterocycles. The van der Waals surface area contributed by atoms with Crippen LogP contribution in [0.15, 0.2) is 65.9 Å². The molecule has 2 aromatic carbocycles. The van der Waals surface area contributed by atoms with Gasteiger partial charge in [-0.15, -0.1) is 0 Å². The average Bonchev–Trinajstić information content (AvgIpc) is 3.31. The van der Waals surface area contributed by atoms with Crippen LogP contribution in [-0.4, -0.2) is 17.1 Å². The molecule has 1 fully saturated rings. The van der Waals surface area contributed by atoms with E-state index in [1.54, 1.807) is 6.21 Å². The molecule has 4 heteroatoms. The van der Waals surface area contributed by atoms with Gasteiger partial charge in [-0.1, -0.05) is 48.5 Å². The molecule has 1 amide bonds. The van der Waals surface area contributed by atoms with E-state index in [9.17, 15) is 4.79 Å². The molecule has 1 heterocycles. The number of nitrogens with one attached hydrogen (secondary N) is 2. The average molecular weight is 303 g/mol. The zero-order valence-corrected chi connectivity index (χ0v) is 12.6. The van der Waals surface area contributed by atoms with E-state index in [2.05, 4.69) is 27.6 Å². The van der Waals surface area contributed by atoms with Gasteiger partial charge >= 0.3 is 0 Å². The normalized spacial score (nSPS) is 20.0. The first kappa shape index (κ1) is 13.8. The summed E-state index contributed by atoms with van der Waals surface area (Å²) < 4.78 is 0. The van der Waals surface area contributed by atoms with Crippen LogP contribution in [0.25, 0.3) is 10.9 Å². The molecular weight excluding hydrogens is 286 g/mol. The Morgan fingerprint density at radius 1 is 1.13 bits per heavy atom. The molecular formula is C19H17N3O. The molecule has 0 aliphatic heterocycles. The number of hydrogen-bond donors (Lipinski definition) is 2. The van der Waals surface area contributed by atoms with E-state index in [0.717, 1.165) is 22.9 Å². The summed E-state index contributed by atoms with van der Waals surface area (Å²) in [5.74, 6) is 0.368. The van der Waals surface area contributed by atoms with E-state index in [0.29, 0.717) is 5.92 Å². The number of para-hydroxylation sites is 1. The van der Waals surface area contributed by atoms with Crippen LogP contribution < -0.4 is 5.43 Å². The van der Waals surface area contributed by atoms with Crippen molar-refractivity contribution >= 4 is 23.0 Å². The number of aromatic amines is 1. The predicted molar refractivity (Wildman–Crippen MR) is 91.3 cm³/mol. The first-order valence-corrected chi connectivity index (χ1v) is 7.77. The highest BCUT2D eigenvalue weighted by atomic mass is 16.2. The van der Waals surface area contributed by atoms with Crippen molar-refractivity contribution in [1.29, 1.82) is 0 Å². The maximum absolute atomic E-state index is 12.1. The second-order valence-corrected chi connectivity index (χ2v) is 5.88. The molecule has 4 rings (SSSR count). The predicted octanol–water partition coefficient (Wildman–Crippen LogP) is 3.42. The lowest BCUT2D eigenvalue weighted by Crippen LogP contribution is -2.20. The molecule has 2 N–H and O–H groups in total. The minimum absolute atomic E-state index is 0.00468. The van der Waals surface area contributed by atoms with Gasteiger partial charge in [0.05, 0.1) is 6.21 Å². The SMILES string of the molecule is O=C(NN=Cc1c[nH]c2ccccc12)[C@@H]1C[C@@H]1c1ccccc1. The lowest BCUT2D eigenvalue weighted by molar-refractivity contribution is -0.122. The highest BCUT2D eigenvalue weighted by molar-refractivity contribution is 5.99. The third-order valence-electron chi connectivity index (χ3n) is 4.35. The van der Waals surface area contributed by atoms with Crippen LogP contribution in [-0.2, 0) is 4.79 Å². The molecule has 114 valence electrons. The van der Waals surface area contributed by atoms with Gasteiger partial charge in [-0.2, -0.15) is 5.10 Å². The van der Waals surface area contributed by atoms with Gasteiger partial charge in [-0.05, 0) is 24.0 Å². The van der Waals surface area contributed by atoms with Crippen molar-refractivity contribution in [3.63, 3.8) is 0 Å². The van der Waals surface area contributed by atoms with Gasteiger partial charge in [-0.3, -0.25) is 4.79 Å². The van der Waals surface area contributed by atoms with Gasteiger partial charge in [-0.25, -0.2) is 5.43 Å². The monoisotopic (exact) mass is 303 g/mol. The first-order chi connectivity index (χ1) is 11.3. The number of rotatable bonds is 4. The van der Waals surface area contributed by atoms with Crippen molar-refractivity contribution in [2.75, 3.05) is 0 Å². The van der Waals surface area contributed by atoms with E-state index in [-0.39, 0.29) is 11.8 Å². The fraction of sp³-hybridized carbons (Fsp3) is 0.158. The van der Waals surface area contributed by atoms with Gasteiger partial charge in [0.25, 0.3) is 0 Å². The molecule has 1 aliphatic rings. The van der Waals surface area contributed by atoms with Crippen LogP contribution in [0.5, 0.6) is 0 Å². The second-order valence-electron chi connectivity index (χ2n) is 5.88. The van der Waals surface area contributed by atoms with E-state index < -0.39 is 0 Å². The van der Waals surface area contributed by atoms with Crippen LogP contribution in [0.2, 0.25) is 0 Å². The zero-order valence-electron chi connectivity index (χ0n) is 12.6. The number of hydrogen-bond acceptors (Lipinski definition) is 2. The summed E-state index contributed by atoms with van der Waals surface area (Å²) in [6.07, 6.45) is 4.49. The van der Waals surface area contributed by atoms with Crippen molar-refractivity contribution in [3.05, 3.63) is 71.9 Å². The van der Waals surface area contributed by atoms with E-state index in [1.807, 2.05) is 48.7 Å². The number of carbonyl (C=O) groups is 1. The Labute approximate surface area is 134 Å². The summed E-state index contributed by atoms with van der Waals surface area (Å²) in [5.41, 5.74) is 5.92. The Bertz CT molecular complexity index is 866. The highest BCUT2D eigenvalue weighted by Crippen LogP contribution is 2.47. The summed E-state index contributed by atoms with van der Waals surface area (Å²) in [5, 5.41) is 5.21. The summed E-state index contributed by atoms with van der Waals surface area (Å²) >= 11 is 0. The van der Waals surface area contributed by atoms with Crippen LogP contribution >= 0.6 is 0 Å². The van der Waals surface area contributed by atoms with E-state index in [4.69, 9.17) is 0 Å². The van der Waals surface area contributed by atoms with Crippen molar-refractivity contribution < 1.29 is 4.79 Å². The number of fused-ring (bicyclic) bond motifs is 1. The minimum Gasteiger partial charge on any atom is -0.361 e. The molecule has 1 aliphatic carbocycles. The largest absolute Gasteiger partial charge is 0.361 e. The summed E-state index contributed by atoms with van der Waals surface area (Å²) in [4.78, 5) is 15.3. The maximum Gasteiger partial charge on any atom is 0.243 e. The Kier molecular flexibility index (Phi) is 3.42. The number of carbonyl (C=O) groups excluding carboxylic acids is 1. The van der Waals surface area contributed by atoms with Gasteiger partial charge in [0, 0.05) is 28.6 Å². The molecule has 0 saturated heterocycles. The van der Waals surface area contributed by atoms with Gasteiger partial charge in [0.1, 0.15) is 0 Å². The Morgan fingerprint density at radius 2 is 1.91 bits per heavy atom. The van der Waals surface area contributed by atoms with E-state index >= 15 is 0 Å². The second kappa shape index (κ2) is 5.72. The lowest BCUT2D eigenvalue weighted by Gasteiger charge is -1.99. The number of amides is 1. The molecule has 2 atom stereocenters. The Hall–Kier alpha value is -2.88. The smallest absolute Gasteiger partial charge is 0.243 e. The van der Waals surface area contributed by atoms with Crippen LogP contribution in [0, 0.1) is 5.92 Å². The molecule has 4 nitrogen and oxygen atoms in total. The third kappa shape index (κ3) is 2.75. The molecule has 23 heavy (non-hydrogen) atoms. The van der Waals surface area contributed by atoms with Crippen LogP contribution in [0.4, 0.5) is 0 Å². The fourth-order valence-corrected chi connectivity index (χ4v) is 3.00. The topological polar surface area (TPSA) is 57.2 Å². The van der Waals surface area contributed by atoms with Crippen molar-refractivity contribution in [2.24, 2.45) is 11.0 Å². The molecule has 0 bridgehead atoms. The number of hydrazone groups is 1. The number of aromatic nitrogens is 1. The van der Waals surface area contributed by atoms with Crippen molar-refractivity contribution in [2.45, 2.75) is 12.3 Å². The molecule has 1 saturated carbocycles. The molecule has 3 aromatic rings. The maximum atomic E-state index is 12.1. The van der Waals surface area contributed by atoms with Gasteiger partial charge in [0.2, 0.25) is 5.91 Å². The van der Waals surface area contributed by atoms with Crippen molar-refractivity contribution in [3.8, 4) is 0 Å². The molecule has 0 spiro atoms. The van der Waals surface area contributed by atoms with Crippen LogP contribution in [0.3, 0.4) is 0 Å². The number of H-pyrrole nitrogens is 1.